The van der Waals surface area contributed by atoms with Crippen LogP contribution in [0.3, 0.4) is 0 Å². The zero-order chi connectivity index (χ0) is 15.2. The molecule has 114 valence electrons. The molecule has 1 aromatic heterocycles. The highest BCUT2D eigenvalue weighted by Crippen LogP contribution is 2.13. The van der Waals surface area contributed by atoms with Crippen LogP contribution in [0.15, 0.2) is 18.3 Å². The Bertz CT molecular complexity index is 497. The lowest BCUT2D eigenvalue weighted by Gasteiger charge is -2.21. The van der Waals surface area contributed by atoms with Crippen LogP contribution in [0.25, 0.3) is 0 Å². The number of urea groups is 1. The van der Waals surface area contributed by atoms with Crippen LogP contribution in [0, 0.1) is 0 Å². The predicted octanol–water partition coefficient (Wildman–Crippen LogP) is 1.35. The van der Waals surface area contributed by atoms with Gasteiger partial charge in [-0.3, -0.25) is 9.78 Å². The molecule has 0 bridgehead atoms. The molecular formula is C14H19N3O4. The van der Waals surface area contributed by atoms with Crippen molar-refractivity contribution >= 4 is 17.7 Å². The van der Waals surface area contributed by atoms with E-state index in [4.69, 9.17) is 9.84 Å². The lowest BCUT2D eigenvalue weighted by Crippen LogP contribution is -2.37. The zero-order valence-electron chi connectivity index (χ0n) is 11.9. The van der Waals surface area contributed by atoms with Crippen molar-refractivity contribution in [1.82, 2.24) is 9.88 Å². The number of amides is 2. The highest BCUT2D eigenvalue weighted by Gasteiger charge is 2.20. The molecule has 1 aromatic rings. The van der Waals surface area contributed by atoms with Gasteiger partial charge in [-0.2, -0.15) is 0 Å². The summed E-state index contributed by atoms with van der Waals surface area (Å²) in [6.07, 6.45) is 3.44. The first-order chi connectivity index (χ1) is 10.0. The molecule has 1 unspecified atom stereocenters. The van der Waals surface area contributed by atoms with Crippen molar-refractivity contribution in [2.75, 3.05) is 25.5 Å². The van der Waals surface area contributed by atoms with E-state index in [9.17, 15) is 9.59 Å². The molecule has 2 amide bonds. The monoisotopic (exact) mass is 293 g/mol. The number of aliphatic carboxylic acids is 1. The standard InChI is InChI=1S/C14H19N3O4/c1-17(9-12-3-2-6-21-12)14(20)16-11-5-4-10(15-8-11)7-13(18)19/h4-5,8,12H,2-3,6-7,9H2,1H3,(H,16,20)(H,18,19). The maximum Gasteiger partial charge on any atom is 0.321 e. The molecule has 0 aromatic carbocycles. The van der Waals surface area contributed by atoms with E-state index in [0.717, 1.165) is 19.4 Å². The summed E-state index contributed by atoms with van der Waals surface area (Å²) in [5.74, 6) is -0.935. The minimum atomic E-state index is -0.935. The molecule has 0 saturated carbocycles. The maximum atomic E-state index is 12.0. The summed E-state index contributed by atoms with van der Waals surface area (Å²) in [6.45, 7) is 1.31. The molecule has 2 heterocycles. The molecule has 21 heavy (non-hydrogen) atoms. The number of carbonyl (C=O) groups excluding carboxylic acids is 1. The van der Waals surface area contributed by atoms with Crippen LogP contribution in [0.5, 0.6) is 0 Å². The van der Waals surface area contributed by atoms with Gasteiger partial charge >= 0.3 is 12.0 Å². The molecule has 1 saturated heterocycles. The molecule has 0 spiro atoms. The van der Waals surface area contributed by atoms with E-state index in [1.807, 2.05) is 0 Å². The van der Waals surface area contributed by atoms with Gasteiger partial charge in [-0.05, 0) is 25.0 Å². The summed E-state index contributed by atoms with van der Waals surface area (Å²) >= 11 is 0. The molecule has 2 N–H and O–H groups in total. The number of ether oxygens (including phenoxy) is 1. The molecular weight excluding hydrogens is 274 g/mol. The Morgan fingerprint density at radius 3 is 2.90 bits per heavy atom. The number of hydrogen-bond acceptors (Lipinski definition) is 4. The Balaban J connectivity index is 1.84. The van der Waals surface area contributed by atoms with Gasteiger partial charge in [-0.25, -0.2) is 4.79 Å². The summed E-state index contributed by atoms with van der Waals surface area (Å²) in [6, 6.07) is 2.99. The summed E-state index contributed by atoms with van der Waals surface area (Å²) in [5, 5.41) is 11.4. The second-order valence-electron chi connectivity index (χ2n) is 5.05. The lowest BCUT2D eigenvalue weighted by molar-refractivity contribution is -0.136. The highest BCUT2D eigenvalue weighted by atomic mass is 16.5. The van der Waals surface area contributed by atoms with Crippen molar-refractivity contribution < 1.29 is 19.4 Å². The molecule has 1 fully saturated rings. The smallest absolute Gasteiger partial charge is 0.321 e. The van der Waals surface area contributed by atoms with Crippen molar-refractivity contribution in [2.45, 2.75) is 25.4 Å². The zero-order valence-corrected chi connectivity index (χ0v) is 11.9. The normalized spacial score (nSPS) is 17.5. The van der Waals surface area contributed by atoms with Crippen LogP contribution < -0.4 is 5.32 Å². The summed E-state index contributed by atoms with van der Waals surface area (Å²) in [7, 11) is 1.71. The number of rotatable bonds is 5. The van der Waals surface area contributed by atoms with Crippen molar-refractivity contribution in [3.63, 3.8) is 0 Å². The van der Waals surface area contributed by atoms with E-state index >= 15 is 0 Å². The number of anilines is 1. The van der Waals surface area contributed by atoms with Crippen molar-refractivity contribution in [2.24, 2.45) is 0 Å². The van der Waals surface area contributed by atoms with Crippen molar-refractivity contribution in [3.05, 3.63) is 24.0 Å². The number of aromatic nitrogens is 1. The third-order valence-corrected chi connectivity index (χ3v) is 3.26. The maximum absolute atomic E-state index is 12.0. The number of pyridine rings is 1. The third kappa shape index (κ3) is 4.71. The second-order valence-corrected chi connectivity index (χ2v) is 5.05. The fourth-order valence-electron chi connectivity index (χ4n) is 2.15. The number of likely N-dealkylation sites (N-methyl/N-ethyl adjacent to an activating group) is 1. The SMILES string of the molecule is CN(CC1CCCO1)C(=O)Nc1ccc(CC(=O)O)nc1. The van der Waals surface area contributed by atoms with E-state index in [0.29, 0.717) is 17.9 Å². The topological polar surface area (TPSA) is 91.8 Å². The highest BCUT2D eigenvalue weighted by molar-refractivity contribution is 5.88. The Morgan fingerprint density at radius 2 is 2.33 bits per heavy atom. The number of carboxylic acids is 1. The first-order valence-electron chi connectivity index (χ1n) is 6.85. The molecule has 1 atom stereocenters. The number of carboxylic acid groups (broad SMARTS) is 1. The minimum Gasteiger partial charge on any atom is -0.481 e. The number of carbonyl (C=O) groups is 2. The molecule has 7 nitrogen and oxygen atoms in total. The van der Waals surface area contributed by atoms with Gasteiger partial charge < -0.3 is 20.1 Å². The summed E-state index contributed by atoms with van der Waals surface area (Å²) in [5.41, 5.74) is 0.988. The van der Waals surface area contributed by atoms with Gasteiger partial charge in [0.05, 0.1) is 30.1 Å². The van der Waals surface area contributed by atoms with Gasteiger partial charge in [0, 0.05) is 20.2 Å². The predicted molar refractivity (Wildman–Crippen MR) is 76.2 cm³/mol. The van der Waals surface area contributed by atoms with Gasteiger partial charge in [0.1, 0.15) is 0 Å². The largest absolute Gasteiger partial charge is 0.481 e. The Morgan fingerprint density at radius 1 is 1.52 bits per heavy atom. The van der Waals surface area contributed by atoms with Gasteiger partial charge in [0.2, 0.25) is 0 Å². The van der Waals surface area contributed by atoms with Crippen molar-refractivity contribution in [1.29, 1.82) is 0 Å². The molecule has 1 aliphatic heterocycles. The van der Waals surface area contributed by atoms with Crippen LogP contribution in [0.1, 0.15) is 18.5 Å². The second kappa shape index (κ2) is 7.03. The molecule has 0 radical (unpaired) electrons. The van der Waals surface area contributed by atoms with Gasteiger partial charge in [0.25, 0.3) is 0 Å². The molecule has 7 heteroatoms. The fraction of sp³-hybridized carbons (Fsp3) is 0.500. The van der Waals surface area contributed by atoms with E-state index < -0.39 is 5.97 Å². The van der Waals surface area contributed by atoms with Crippen LogP contribution in [-0.4, -0.2) is 53.3 Å². The first kappa shape index (κ1) is 15.2. The van der Waals surface area contributed by atoms with E-state index in [1.165, 1.54) is 6.20 Å². The third-order valence-electron chi connectivity index (χ3n) is 3.26. The quantitative estimate of drug-likeness (QED) is 0.855. The fourth-order valence-corrected chi connectivity index (χ4v) is 2.15. The van der Waals surface area contributed by atoms with E-state index in [1.54, 1.807) is 24.1 Å². The average Bonchev–Trinajstić information content (AvgIpc) is 2.93. The van der Waals surface area contributed by atoms with Crippen LogP contribution in [-0.2, 0) is 16.0 Å². The van der Waals surface area contributed by atoms with Crippen LogP contribution in [0.2, 0.25) is 0 Å². The van der Waals surface area contributed by atoms with Crippen LogP contribution in [0.4, 0.5) is 10.5 Å². The molecule has 0 aliphatic carbocycles. The van der Waals surface area contributed by atoms with Gasteiger partial charge in [0.15, 0.2) is 0 Å². The summed E-state index contributed by atoms with van der Waals surface area (Å²) < 4.78 is 5.49. The average molecular weight is 293 g/mol. The Hall–Kier alpha value is -2.15. The van der Waals surface area contributed by atoms with E-state index in [2.05, 4.69) is 10.3 Å². The molecule has 1 aliphatic rings. The number of nitrogens with one attached hydrogen (secondary N) is 1. The van der Waals surface area contributed by atoms with E-state index in [-0.39, 0.29) is 18.6 Å². The van der Waals surface area contributed by atoms with Gasteiger partial charge in [-0.1, -0.05) is 0 Å². The Kier molecular flexibility index (Phi) is 5.10. The number of nitrogens with zero attached hydrogens (tertiary/aromatic N) is 2. The number of hydrogen-bond donors (Lipinski definition) is 2. The Labute approximate surface area is 122 Å². The summed E-state index contributed by atoms with van der Waals surface area (Å²) in [4.78, 5) is 28.1. The first-order valence-corrected chi connectivity index (χ1v) is 6.85. The lowest BCUT2D eigenvalue weighted by atomic mass is 10.2. The van der Waals surface area contributed by atoms with Crippen molar-refractivity contribution in [3.8, 4) is 0 Å². The minimum absolute atomic E-state index is 0.108. The molecule has 2 rings (SSSR count). The van der Waals surface area contributed by atoms with Gasteiger partial charge in [-0.15, -0.1) is 0 Å². The van der Waals surface area contributed by atoms with Crippen LogP contribution >= 0.6 is 0 Å².